The molecule has 0 fully saturated rings. The molecule has 4 nitrogen and oxygen atoms in total. The molecule has 1 amide bonds. The third kappa shape index (κ3) is 6.24. The van der Waals surface area contributed by atoms with Gasteiger partial charge in [-0.05, 0) is 32.9 Å². The molecule has 0 atom stereocenters. The van der Waals surface area contributed by atoms with E-state index in [1.54, 1.807) is 18.3 Å². The van der Waals surface area contributed by atoms with E-state index < -0.39 is 0 Å². The van der Waals surface area contributed by atoms with E-state index in [1.807, 2.05) is 0 Å². The zero-order valence-corrected chi connectivity index (χ0v) is 11.1. The first kappa shape index (κ1) is 13.9. The van der Waals surface area contributed by atoms with Gasteiger partial charge >= 0.3 is 0 Å². The molecule has 0 unspecified atom stereocenters. The number of carbonyl (C=O) groups excluding carboxylic acids is 1. The summed E-state index contributed by atoms with van der Waals surface area (Å²) in [4.78, 5) is 15.4. The molecule has 0 spiro atoms. The van der Waals surface area contributed by atoms with Gasteiger partial charge < -0.3 is 10.6 Å². The Morgan fingerprint density at radius 3 is 2.76 bits per heavy atom. The van der Waals surface area contributed by atoms with Crippen LogP contribution in [-0.4, -0.2) is 23.0 Å². The van der Waals surface area contributed by atoms with E-state index in [0.717, 1.165) is 0 Å². The van der Waals surface area contributed by atoms with Gasteiger partial charge in [0.05, 0.1) is 0 Å². The smallest absolute Gasteiger partial charge is 0.225 e. The van der Waals surface area contributed by atoms with Gasteiger partial charge in [-0.2, -0.15) is 0 Å². The third-order valence-electron chi connectivity index (χ3n) is 2.02. The number of anilines is 1. The summed E-state index contributed by atoms with van der Waals surface area (Å²) in [6, 6.07) is 3.33. The number of nitrogens with one attached hydrogen (secondary N) is 2. The molecule has 0 saturated heterocycles. The lowest BCUT2D eigenvalue weighted by atomic mass is 10.1. The molecule has 0 aliphatic heterocycles. The van der Waals surface area contributed by atoms with E-state index in [4.69, 9.17) is 11.6 Å². The molecule has 5 heteroatoms. The Kier molecular flexibility index (Phi) is 4.90. The summed E-state index contributed by atoms with van der Waals surface area (Å²) in [7, 11) is 0. The lowest BCUT2D eigenvalue weighted by Gasteiger charge is -2.20. The Hall–Kier alpha value is -1.13. The van der Waals surface area contributed by atoms with Crippen LogP contribution >= 0.6 is 11.6 Å². The van der Waals surface area contributed by atoms with Crippen LogP contribution in [0.15, 0.2) is 18.3 Å². The molecule has 17 heavy (non-hydrogen) atoms. The number of nitrogens with zero attached hydrogens (tertiary/aromatic N) is 1. The monoisotopic (exact) mass is 255 g/mol. The first-order valence-electron chi connectivity index (χ1n) is 5.53. The summed E-state index contributed by atoms with van der Waals surface area (Å²) in [5.41, 5.74) is 0.700. The first-order chi connectivity index (χ1) is 7.87. The number of hydrogen-bond donors (Lipinski definition) is 2. The van der Waals surface area contributed by atoms with Crippen molar-refractivity contribution >= 4 is 23.2 Å². The van der Waals surface area contributed by atoms with Crippen molar-refractivity contribution in [2.24, 2.45) is 0 Å². The maximum atomic E-state index is 11.6. The maximum Gasteiger partial charge on any atom is 0.225 e. The van der Waals surface area contributed by atoms with Crippen LogP contribution < -0.4 is 10.6 Å². The van der Waals surface area contributed by atoms with Crippen LogP contribution in [0.5, 0.6) is 0 Å². The fraction of sp³-hybridized carbons (Fsp3) is 0.500. The summed E-state index contributed by atoms with van der Waals surface area (Å²) in [6.07, 6.45) is 1.99. The van der Waals surface area contributed by atoms with Crippen molar-refractivity contribution in [1.82, 2.24) is 10.3 Å². The van der Waals surface area contributed by atoms with Gasteiger partial charge in [0.1, 0.15) is 5.15 Å². The summed E-state index contributed by atoms with van der Waals surface area (Å²) >= 11 is 5.72. The highest BCUT2D eigenvalue weighted by atomic mass is 35.5. The SMILES string of the molecule is CC(C)(C)NCCC(=O)Nc1ccnc(Cl)c1. The molecule has 0 aromatic carbocycles. The van der Waals surface area contributed by atoms with Gasteiger partial charge in [0.15, 0.2) is 0 Å². The van der Waals surface area contributed by atoms with Crippen LogP contribution in [0.4, 0.5) is 5.69 Å². The van der Waals surface area contributed by atoms with Crippen molar-refractivity contribution in [3.8, 4) is 0 Å². The number of pyridine rings is 1. The Morgan fingerprint density at radius 1 is 1.47 bits per heavy atom. The second-order valence-electron chi connectivity index (χ2n) is 4.84. The minimum atomic E-state index is -0.0379. The molecular weight excluding hydrogens is 238 g/mol. The van der Waals surface area contributed by atoms with Crippen LogP contribution in [0.3, 0.4) is 0 Å². The average molecular weight is 256 g/mol. The molecular formula is C12H18ClN3O. The zero-order chi connectivity index (χ0) is 12.9. The Balaban J connectivity index is 2.35. The minimum Gasteiger partial charge on any atom is -0.326 e. The van der Waals surface area contributed by atoms with Crippen LogP contribution in [-0.2, 0) is 4.79 Å². The number of halogens is 1. The second-order valence-corrected chi connectivity index (χ2v) is 5.23. The molecule has 1 rings (SSSR count). The Morgan fingerprint density at radius 2 is 2.18 bits per heavy atom. The quantitative estimate of drug-likeness (QED) is 0.813. The molecule has 2 N–H and O–H groups in total. The third-order valence-corrected chi connectivity index (χ3v) is 2.22. The van der Waals surface area contributed by atoms with Crippen LogP contribution in [0, 0.1) is 0 Å². The lowest BCUT2D eigenvalue weighted by Crippen LogP contribution is -2.37. The standard InChI is InChI=1S/C12H18ClN3O/c1-12(2,3)15-7-5-11(17)16-9-4-6-14-10(13)8-9/h4,6,8,15H,5,7H2,1-3H3,(H,14,16,17). The van der Waals surface area contributed by atoms with Crippen molar-refractivity contribution in [3.05, 3.63) is 23.5 Å². The first-order valence-corrected chi connectivity index (χ1v) is 5.91. The molecule has 94 valence electrons. The van der Waals surface area contributed by atoms with Gasteiger partial charge in [-0.1, -0.05) is 11.6 Å². The lowest BCUT2D eigenvalue weighted by molar-refractivity contribution is -0.116. The molecule has 1 heterocycles. The zero-order valence-electron chi connectivity index (χ0n) is 10.4. The highest BCUT2D eigenvalue weighted by Gasteiger charge is 2.09. The van der Waals surface area contributed by atoms with E-state index in [1.165, 1.54) is 0 Å². The fourth-order valence-corrected chi connectivity index (χ4v) is 1.43. The van der Waals surface area contributed by atoms with Crippen LogP contribution in [0.1, 0.15) is 27.2 Å². The number of carbonyl (C=O) groups is 1. The fourth-order valence-electron chi connectivity index (χ4n) is 1.25. The highest BCUT2D eigenvalue weighted by molar-refractivity contribution is 6.29. The van der Waals surface area contributed by atoms with Crippen LogP contribution in [0.2, 0.25) is 5.15 Å². The van der Waals surface area contributed by atoms with Crippen molar-refractivity contribution < 1.29 is 4.79 Å². The molecule has 0 bridgehead atoms. The number of rotatable bonds is 4. The highest BCUT2D eigenvalue weighted by Crippen LogP contribution is 2.11. The number of hydrogen-bond acceptors (Lipinski definition) is 3. The summed E-state index contributed by atoms with van der Waals surface area (Å²) < 4.78 is 0. The number of aromatic nitrogens is 1. The minimum absolute atomic E-state index is 0.0280. The Labute approximate surface area is 107 Å². The van der Waals surface area contributed by atoms with Gasteiger partial charge in [-0.3, -0.25) is 4.79 Å². The molecule has 0 radical (unpaired) electrons. The van der Waals surface area contributed by atoms with Gasteiger partial charge in [0.25, 0.3) is 0 Å². The van der Waals surface area contributed by atoms with E-state index in [0.29, 0.717) is 23.8 Å². The Bertz CT molecular complexity index is 388. The summed E-state index contributed by atoms with van der Waals surface area (Å²) in [6.45, 7) is 6.84. The molecule has 1 aromatic rings. The van der Waals surface area contributed by atoms with Crippen molar-refractivity contribution in [2.75, 3.05) is 11.9 Å². The van der Waals surface area contributed by atoms with E-state index >= 15 is 0 Å². The van der Waals surface area contributed by atoms with Gasteiger partial charge in [0, 0.05) is 30.4 Å². The molecule has 0 aliphatic carbocycles. The van der Waals surface area contributed by atoms with Crippen molar-refractivity contribution in [3.63, 3.8) is 0 Å². The summed E-state index contributed by atoms with van der Waals surface area (Å²) in [5, 5.41) is 6.39. The van der Waals surface area contributed by atoms with Crippen molar-refractivity contribution in [2.45, 2.75) is 32.7 Å². The predicted octanol–water partition coefficient (Wildman–Crippen LogP) is 2.45. The maximum absolute atomic E-state index is 11.6. The normalized spacial score (nSPS) is 11.3. The molecule has 0 aliphatic rings. The van der Waals surface area contributed by atoms with Crippen molar-refractivity contribution in [1.29, 1.82) is 0 Å². The number of amides is 1. The topological polar surface area (TPSA) is 54.0 Å². The van der Waals surface area contributed by atoms with Crippen LogP contribution in [0.25, 0.3) is 0 Å². The second kappa shape index (κ2) is 5.98. The predicted molar refractivity (Wildman–Crippen MR) is 70.2 cm³/mol. The van der Waals surface area contributed by atoms with E-state index in [2.05, 4.69) is 36.4 Å². The largest absolute Gasteiger partial charge is 0.326 e. The van der Waals surface area contributed by atoms with Gasteiger partial charge in [-0.25, -0.2) is 4.98 Å². The van der Waals surface area contributed by atoms with Gasteiger partial charge in [-0.15, -0.1) is 0 Å². The van der Waals surface area contributed by atoms with E-state index in [-0.39, 0.29) is 11.4 Å². The average Bonchev–Trinajstić information content (AvgIpc) is 2.15. The molecule has 0 saturated carbocycles. The van der Waals surface area contributed by atoms with Gasteiger partial charge in [0.2, 0.25) is 5.91 Å². The molecule has 1 aromatic heterocycles. The summed E-state index contributed by atoms with van der Waals surface area (Å²) in [5.74, 6) is -0.0379. The van der Waals surface area contributed by atoms with E-state index in [9.17, 15) is 4.79 Å².